The van der Waals surface area contributed by atoms with Crippen LogP contribution in [0.25, 0.3) is 0 Å². The zero-order valence-electron chi connectivity index (χ0n) is 23.8. The van der Waals surface area contributed by atoms with Gasteiger partial charge in [0.1, 0.15) is 18.0 Å². The number of fused-ring (bicyclic) bond motifs is 2. The molecule has 41 heavy (non-hydrogen) atoms. The molecule has 2 saturated heterocycles. The standard InChI is InChI=1S/C32H38N2O7/c1-32(2,3)41-31(38)34-24(30(37)39-19-20-9-5-4-6-10-20)18-33-29(34)28-23(25-14-15-26(28)40-25)17-22-12-8-7-11-21(22)13-16-27(35)36/h4-12,23-26,28H,13-19H2,1-3H3,(H,35,36)/t23-,24?,25-,26+,28-/m0/s1. The maximum atomic E-state index is 13.6. The van der Waals surface area contributed by atoms with Crippen molar-refractivity contribution in [3.63, 3.8) is 0 Å². The summed E-state index contributed by atoms with van der Waals surface area (Å²) in [6.45, 7) is 5.56. The van der Waals surface area contributed by atoms with Crippen molar-refractivity contribution in [3.05, 3.63) is 71.3 Å². The average Bonchev–Trinajstić information content (AvgIpc) is 3.66. The third-order valence-electron chi connectivity index (χ3n) is 7.98. The quantitative estimate of drug-likeness (QED) is 0.437. The summed E-state index contributed by atoms with van der Waals surface area (Å²) in [4.78, 5) is 44.4. The van der Waals surface area contributed by atoms with Crippen LogP contribution in [0, 0.1) is 11.8 Å². The Hall–Kier alpha value is -3.72. The molecular formula is C32H38N2O7. The summed E-state index contributed by atoms with van der Waals surface area (Å²) in [5.41, 5.74) is 2.15. The fourth-order valence-corrected chi connectivity index (χ4v) is 6.19. The highest BCUT2D eigenvalue weighted by atomic mass is 16.6. The van der Waals surface area contributed by atoms with Crippen LogP contribution in [0.5, 0.6) is 0 Å². The highest BCUT2D eigenvalue weighted by molar-refractivity contribution is 6.03. The molecule has 2 fully saturated rings. The van der Waals surface area contributed by atoms with E-state index >= 15 is 0 Å². The predicted octanol–water partition coefficient (Wildman–Crippen LogP) is 4.80. The molecule has 0 spiro atoms. The van der Waals surface area contributed by atoms with Crippen molar-refractivity contribution in [3.8, 4) is 0 Å². The Kier molecular flexibility index (Phi) is 8.45. The highest BCUT2D eigenvalue weighted by Crippen LogP contribution is 2.47. The van der Waals surface area contributed by atoms with Gasteiger partial charge in [0.15, 0.2) is 6.04 Å². The van der Waals surface area contributed by atoms with Crippen molar-refractivity contribution in [2.45, 2.75) is 83.3 Å². The van der Waals surface area contributed by atoms with Crippen LogP contribution in [0.4, 0.5) is 4.79 Å². The van der Waals surface area contributed by atoms with E-state index in [4.69, 9.17) is 19.2 Å². The van der Waals surface area contributed by atoms with Gasteiger partial charge in [0.25, 0.3) is 0 Å². The van der Waals surface area contributed by atoms with E-state index < -0.39 is 29.7 Å². The number of carboxylic acids is 1. The average molecular weight is 563 g/mol. The topological polar surface area (TPSA) is 115 Å². The van der Waals surface area contributed by atoms with E-state index in [0.29, 0.717) is 18.7 Å². The predicted molar refractivity (Wildman–Crippen MR) is 151 cm³/mol. The lowest BCUT2D eigenvalue weighted by Crippen LogP contribution is -2.52. The maximum absolute atomic E-state index is 13.6. The molecule has 0 aromatic heterocycles. The van der Waals surface area contributed by atoms with Crippen LogP contribution in [-0.4, -0.2) is 64.3 Å². The van der Waals surface area contributed by atoms with Crippen LogP contribution in [0.15, 0.2) is 59.6 Å². The van der Waals surface area contributed by atoms with Gasteiger partial charge in [0.2, 0.25) is 0 Å². The number of aliphatic carboxylic acids is 1. The molecule has 0 saturated carbocycles. The maximum Gasteiger partial charge on any atom is 0.416 e. The van der Waals surface area contributed by atoms with Crippen LogP contribution < -0.4 is 0 Å². The van der Waals surface area contributed by atoms with Crippen molar-refractivity contribution in [1.82, 2.24) is 4.90 Å². The molecule has 2 aromatic rings. The zero-order valence-corrected chi connectivity index (χ0v) is 23.8. The molecule has 2 bridgehead atoms. The lowest BCUT2D eigenvalue weighted by Gasteiger charge is -2.34. The van der Waals surface area contributed by atoms with Crippen LogP contribution in [0.1, 0.15) is 56.7 Å². The first-order valence-corrected chi connectivity index (χ1v) is 14.3. The molecule has 218 valence electrons. The van der Waals surface area contributed by atoms with Crippen molar-refractivity contribution < 1.29 is 33.7 Å². The number of nitrogens with zero attached hydrogens (tertiary/aromatic N) is 2. The molecule has 3 aliphatic heterocycles. The Labute approximate surface area is 240 Å². The molecule has 1 N–H and O–H groups in total. The summed E-state index contributed by atoms with van der Waals surface area (Å²) in [5, 5.41) is 9.23. The molecule has 1 unspecified atom stereocenters. The van der Waals surface area contributed by atoms with Crippen LogP contribution in [0.2, 0.25) is 0 Å². The molecule has 3 heterocycles. The number of carbonyl (C=O) groups is 3. The molecule has 5 rings (SSSR count). The van der Waals surface area contributed by atoms with E-state index in [9.17, 15) is 19.5 Å². The molecule has 2 aromatic carbocycles. The second-order valence-corrected chi connectivity index (χ2v) is 12.0. The Bertz CT molecular complexity index is 1300. The van der Waals surface area contributed by atoms with E-state index in [0.717, 1.165) is 29.5 Å². The summed E-state index contributed by atoms with van der Waals surface area (Å²) in [6, 6.07) is 16.4. The van der Waals surface area contributed by atoms with Crippen LogP contribution >= 0.6 is 0 Å². The summed E-state index contributed by atoms with van der Waals surface area (Å²) in [5.74, 6) is -1.04. The van der Waals surface area contributed by atoms with Gasteiger partial charge in [-0.15, -0.1) is 0 Å². The van der Waals surface area contributed by atoms with E-state index in [2.05, 4.69) is 0 Å². The van der Waals surface area contributed by atoms with Gasteiger partial charge in [-0.05, 0) is 63.1 Å². The Morgan fingerprint density at radius 2 is 1.68 bits per heavy atom. The number of rotatable bonds is 9. The Balaban J connectivity index is 1.39. The van der Waals surface area contributed by atoms with Gasteiger partial charge in [-0.3, -0.25) is 9.79 Å². The van der Waals surface area contributed by atoms with E-state index in [-0.39, 0.29) is 43.6 Å². The summed E-state index contributed by atoms with van der Waals surface area (Å²) in [6.07, 6.45) is 2.15. The number of carbonyl (C=O) groups excluding carboxylic acids is 2. The molecule has 0 radical (unpaired) electrons. The number of carboxylic acid groups (broad SMARTS) is 1. The van der Waals surface area contributed by atoms with E-state index in [1.54, 1.807) is 20.8 Å². The fraction of sp³-hybridized carbons (Fsp3) is 0.500. The summed E-state index contributed by atoms with van der Waals surface area (Å²) in [7, 11) is 0. The number of amidine groups is 1. The first kappa shape index (κ1) is 28.8. The first-order chi connectivity index (χ1) is 19.6. The van der Waals surface area contributed by atoms with Gasteiger partial charge in [0, 0.05) is 18.3 Å². The number of esters is 1. The minimum absolute atomic E-state index is 0.00945. The van der Waals surface area contributed by atoms with Gasteiger partial charge in [0.05, 0.1) is 18.8 Å². The molecule has 9 nitrogen and oxygen atoms in total. The Morgan fingerprint density at radius 3 is 2.39 bits per heavy atom. The molecule has 9 heteroatoms. The largest absolute Gasteiger partial charge is 0.481 e. The number of benzene rings is 2. The fourth-order valence-electron chi connectivity index (χ4n) is 6.19. The lowest BCUT2D eigenvalue weighted by molar-refractivity contribution is -0.149. The molecule has 3 aliphatic rings. The molecule has 1 amide bonds. The van der Waals surface area contributed by atoms with Gasteiger partial charge >= 0.3 is 18.0 Å². The SMILES string of the molecule is CC(C)(C)OC(=O)N1C([C@H]2[C@@H](Cc3ccccc3CCC(=O)O)[C@@H]3CC[C@H]2O3)=NCC1C(=O)OCc1ccccc1. The van der Waals surface area contributed by atoms with Crippen molar-refractivity contribution in [2.24, 2.45) is 16.8 Å². The highest BCUT2D eigenvalue weighted by Gasteiger charge is 2.55. The smallest absolute Gasteiger partial charge is 0.416 e. The normalized spacial score (nSPS) is 25.2. The second kappa shape index (κ2) is 12.0. The van der Waals surface area contributed by atoms with Gasteiger partial charge < -0.3 is 19.3 Å². The Morgan fingerprint density at radius 1 is 1.00 bits per heavy atom. The monoisotopic (exact) mass is 562 g/mol. The first-order valence-electron chi connectivity index (χ1n) is 14.3. The number of amides is 1. The van der Waals surface area contributed by atoms with Crippen LogP contribution in [-0.2, 0) is 43.2 Å². The van der Waals surface area contributed by atoms with E-state index in [1.807, 2.05) is 54.6 Å². The van der Waals surface area contributed by atoms with Gasteiger partial charge in [-0.25, -0.2) is 14.5 Å². The zero-order chi connectivity index (χ0) is 29.1. The number of aliphatic imine (C=N–C) groups is 1. The number of ether oxygens (including phenoxy) is 3. The number of hydrogen-bond donors (Lipinski definition) is 1. The minimum atomic E-state index is -0.925. The van der Waals surface area contributed by atoms with Crippen LogP contribution in [0.3, 0.4) is 0 Å². The summed E-state index contributed by atoms with van der Waals surface area (Å²) < 4.78 is 17.8. The number of hydrogen-bond acceptors (Lipinski definition) is 7. The second-order valence-electron chi connectivity index (χ2n) is 12.0. The van der Waals surface area contributed by atoms with Crippen molar-refractivity contribution in [2.75, 3.05) is 6.54 Å². The third kappa shape index (κ3) is 6.62. The van der Waals surface area contributed by atoms with Gasteiger partial charge in [-0.1, -0.05) is 54.6 Å². The van der Waals surface area contributed by atoms with Gasteiger partial charge in [-0.2, -0.15) is 0 Å². The minimum Gasteiger partial charge on any atom is -0.481 e. The van der Waals surface area contributed by atoms with E-state index in [1.165, 1.54) is 4.90 Å². The van der Waals surface area contributed by atoms with Crippen molar-refractivity contribution in [1.29, 1.82) is 0 Å². The molecule has 5 atom stereocenters. The van der Waals surface area contributed by atoms with Crippen molar-refractivity contribution >= 4 is 23.9 Å². The summed E-state index contributed by atoms with van der Waals surface area (Å²) >= 11 is 0. The lowest BCUT2D eigenvalue weighted by atomic mass is 9.74. The molecular weight excluding hydrogens is 524 g/mol. The molecule has 0 aliphatic carbocycles. The number of aryl methyl sites for hydroxylation is 1. The third-order valence-corrected chi connectivity index (χ3v) is 7.98.